The molecule has 0 aliphatic carbocycles. The van der Waals surface area contributed by atoms with Gasteiger partial charge in [-0.1, -0.05) is 12.1 Å². The summed E-state index contributed by atoms with van der Waals surface area (Å²) in [6.07, 6.45) is 1.05. The molecule has 0 aliphatic rings. The minimum Gasteiger partial charge on any atom is -0.313 e. The molecule has 1 heterocycles. The lowest BCUT2D eigenvalue weighted by atomic mass is 10.0. The predicted octanol–water partition coefficient (Wildman–Crippen LogP) is 3.86. The van der Waals surface area contributed by atoms with Crippen molar-refractivity contribution in [2.75, 3.05) is 7.05 Å². The van der Waals surface area contributed by atoms with Crippen LogP contribution in [0.25, 0.3) is 0 Å². The monoisotopic (exact) mass is 343 g/mol. The maximum absolute atomic E-state index is 3.37. The summed E-state index contributed by atoms with van der Waals surface area (Å²) >= 11 is 4.09. The molecule has 0 radical (unpaired) electrons. The fourth-order valence-corrected chi connectivity index (χ4v) is 2.79. The van der Waals surface area contributed by atoms with Crippen molar-refractivity contribution >= 4 is 33.9 Å². The van der Waals surface area contributed by atoms with Crippen molar-refractivity contribution in [2.45, 2.75) is 12.5 Å². The smallest absolute Gasteiger partial charge is 0.0366 e. The van der Waals surface area contributed by atoms with E-state index in [9.17, 15) is 0 Å². The van der Waals surface area contributed by atoms with E-state index in [-0.39, 0.29) is 0 Å². The van der Waals surface area contributed by atoms with E-state index in [1.54, 1.807) is 11.3 Å². The van der Waals surface area contributed by atoms with Crippen molar-refractivity contribution in [3.05, 3.63) is 55.8 Å². The van der Waals surface area contributed by atoms with Crippen LogP contribution in [0.3, 0.4) is 0 Å². The van der Waals surface area contributed by atoms with Crippen molar-refractivity contribution in [1.29, 1.82) is 0 Å². The second kappa shape index (κ2) is 5.80. The Bertz CT molecular complexity index is 422. The van der Waals surface area contributed by atoms with Crippen LogP contribution in [-0.4, -0.2) is 7.05 Å². The zero-order valence-electron chi connectivity index (χ0n) is 9.11. The molecule has 2 aromatic rings. The number of hydrogen-bond donors (Lipinski definition) is 1. The maximum atomic E-state index is 3.37. The van der Waals surface area contributed by atoms with Gasteiger partial charge in [-0.2, -0.15) is 11.3 Å². The third-order valence-electron chi connectivity index (χ3n) is 2.65. The molecule has 0 amide bonds. The van der Waals surface area contributed by atoms with Gasteiger partial charge in [-0.15, -0.1) is 0 Å². The summed E-state index contributed by atoms with van der Waals surface area (Å²) in [7, 11) is 2.02. The number of likely N-dealkylation sites (N-methyl/N-ethyl adjacent to an activating group) is 1. The van der Waals surface area contributed by atoms with Crippen LogP contribution < -0.4 is 5.32 Å². The van der Waals surface area contributed by atoms with E-state index in [0.717, 1.165) is 6.42 Å². The highest BCUT2D eigenvalue weighted by molar-refractivity contribution is 14.1. The van der Waals surface area contributed by atoms with E-state index in [1.807, 2.05) is 7.05 Å². The number of thiophene rings is 1. The predicted molar refractivity (Wildman–Crippen MR) is 79.0 cm³/mol. The third-order valence-corrected chi connectivity index (χ3v) is 4.07. The fourth-order valence-electron chi connectivity index (χ4n) is 1.72. The summed E-state index contributed by atoms with van der Waals surface area (Å²) in [5.41, 5.74) is 2.76. The lowest BCUT2D eigenvalue weighted by molar-refractivity contribution is 0.594. The standard InChI is InChI=1S/C13H14INS/c1-15-13(11-6-7-16-9-11)8-10-2-4-12(14)5-3-10/h2-7,9,13,15H,8H2,1H3. The summed E-state index contributed by atoms with van der Waals surface area (Å²) < 4.78 is 1.29. The zero-order chi connectivity index (χ0) is 11.4. The second-order valence-electron chi connectivity index (χ2n) is 3.73. The lowest BCUT2D eigenvalue weighted by Gasteiger charge is -2.14. The zero-order valence-corrected chi connectivity index (χ0v) is 12.1. The number of halogens is 1. The molecule has 0 saturated carbocycles. The first-order valence-electron chi connectivity index (χ1n) is 5.23. The first-order valence-corrected chi connectivity index (χ1v) is 7.25. The number of rotatable bonds is 4. The third kappa shape index (κ3) is 3.06. The van der Waals surface area contributed by atoms with Crippen LogP contribution in [0.1, 0.15) is 17.2 Å². The van der Waals surface area contributed by atoms with E-state index >= 15 is 0 Å². The Morgan fingerprint density at radius 3 is 2.56 bits per heavy atom. The molecule has 0 spiro atoms. The van der Waals surface area contributed by atoms with Crippen LogP contribution in [0.2, 0.25) is 0 Å². The van der Waals surface area contributed by atoms with Crippen LogP contribution in [0.4, 0.5) is 0 Å². The molecule has 2 rings (SSSR count). The Hall–Kier alpha value is -0.390. The molecule has 1 aromatic heterocycles. The number of benzene rings is 1. The summed E-state index contributed by atoms with van der Waals surface area (Å²) in [6.45, 7) is 0. The molecular formula is C13H14INS. The molecule has 0 fully saturated rings. The minimum atomic E-state index is 0.423. The first kappa shape index (κ1) is 12.1. The SMILES string of the molecule is CNC(Cc1ccc(I)cc1)c1ccsc1. The van der Waals surface area contributed by atoms with E-state index in [2.05, 4.69) is 69.0 Å². The Morgan fingerprint density at radius 1 is 1.25 bits per heavy atom. The van der Waals surface area contributed by atoms with Gasteiger partial charge < -0.3 is 5.32 Å². The Labute approximate surface area is 114 Å². The summed E-state index contributed by atoms with van der Waals surface area (Å²) in [6, 6.07) is 11.4. The van der Waals surface area contributed by atoms with E-state index < -0.39 is 0 Å². The van der Waals surface area contributed by atoms with Crippen LogP contribution in [0.15, 0.2) is 41.1 Å². The highest BCUT2D eigenvalue weighted by atomic mass is 127. The molecular weight excluding hydrogens is 329 g/mol. The molecule has 1 unspecified atom stereocenters. The van der Waals surface area contributed by atoms with Crippen molar-refractivity contribution < 1.29 is 0 Å². The molecule has 0 aliphatic heterocycles. The Kier molecular flexibility index (Phi) is 4.37. The van der Waals surface area contributed by atoms with Gasteiger partial charge in [-0.3, -0.25) is 0 Å². The molecule has 1 N–H and O–H groups in total. The average Bonchev–Trinajstić information content (AvgIpc) is 2.82. The number of hydrogen-bond acceptors (Lipinski definition) is 2. The van der Waals surface area contributed by atoms with Crippen molar-refractivity contribution in [1.82, 2.24) is 5.32 Å². The summed E-state index contributed by atoms with van der Waals surface area (Å²) in [5.74, 6) is 0. The average molecular weight is 343 g/mol. The largest absolute Gasteiger partial charge is 0.313 e. The quantitative estimate of drug-likeness (QED) is 0.832. The highest BCUT2D eigenvalue weighted by Gasteiger charge is 2.09. The molecule has 3 heteroatoms. The second-order valence-corrected chi connectivity index (χ2v) is 5.75. The van der Waals surface area contributed by atoms with Gasteiger partial charge in [-0.25, -0.2) is 0 Å². The molecule has 0 saturated heterocycles. The molecule has 0 bridgehead atoms. The first-order chi connectivity index (χ1) is 7.79. The van der Waals surface area contributed by atoms with Crippen LogP contribution in [0, 0.1) is 3.57 Å². The summed E-state index contributed by atoms with van der Waals surface area (Å²) in [4.78, 5) is 0. The van der Waals surface area contributed by atoms with E-state index in [1.165, 1.54) is 14.7 Å². The normalized spacial score (nSPS) is 12.6. The van der Waals surface area contributed by atoms with Gasteiger partial charge in [-0.05, 0) is 76.1 Å². The summed E-state index contributed by atoms with van der Waals surface area (Å²) in [5, 5.41) is 7.72. The van der Waals surface area contributed by atoms with E-state index in [4.69, 9.17) is 0 Å². The molecule has 1 aromatic carbocycles. The van der Waals surface area contributed by atoms with Crippen LogP contribution in [0.5, 0.6) is 0 Å². The van der Waals surface area contributed by atoms with Crippen LogP contribution in [-0.2, 0) is 6.42 Å². The molecule has 16 heavy (non-hydrogen) atoms. The van der Waals surface area contributed by atoms with Gasteiger partial charge in [0.15, 0.2) is 0 Å². The minimum absolute atomic E-state index is 0.423. The van der Waals surface area contributed by atoms with Gasteiger partial charge in [0.25, 0.3) is 0 Å². The van der Waals surface area contributed by atoms with Gasteiger partial charge in [0.1, 0.15) is 0 Å². The van der Waals surface area contributed by atoms with Crippen LogP contribution >= 0.6 is 33.9 Å². The molecule has 84 valence electrons. The van der Waals surface area contributed by atoms with Gasteiger partial charge >= 0.3 is 0 Å². The molecule has 1 nitrogen and oxygen atoms in total. The highest BCUT2D eigenvalue weighted by Crippen LogP contribution is 2.20. The van der Waals surface area contributed by atoms with Crippen molar-refractivity contribution in [2.24, 2.45) is 0 Å². The molecule has 1 atom stereocenters. The maximum Gasteiger partial charge on any atom is 0.0366 e. The van der Waals surface area contributed by atoms with Crippen molar-refractivity contribution in [3.63, 3.8) is 0 Å². The van der Waals surface area contributed by atoms with Gasteiger partial charge in [0.2, 0.25) is 0 Å². The van der Waals surface area contributed by atoms with Gasteiger partial charge in [0.05, 0.1) is 0 Å². The van der Waals surface area contributed by atoms with E-state index in [0.29, 0.717) is 6.04 Å². The Morgan fingerprint density at radius 2 is 2.00 bits per heavy atom. The van der Waals surface area contributed by atoms with Gasteiger partial charge in [0, 0.05) is 9.61 Å². The number of nitrogens with one attached hydrogen (secondary N) is 1. The topological polar surface area (TPSA) is 12.0 Å². The van der Waals surface area contributed by atoms with Crippen molar-refractivity contribution in [3.8, 4) is 0 Å². The Balaban J connectivity index is 2.10. The fraction of sp³-hybridized carbons (Fsp3) is 0.231. The lowest BCUT2D eigenvalue weighted by Crippen LogP contribution is -2.18.